The van der Waals surface area contributed by atoms with Crippen molar-refractivity contribution in [3.8, 4) is 5.75 Å². The van der Waals surface area contributed by atoms with Gasteiger partial charge in [0.05, 0.1) is 6.04 Å². The van der Waals surface area contributed by atoms with Crippen LogP contribution in [0.15, 0.2) is 66.7 Å². The van der Waals surface area contributed by atoms with Gasteiger partial charge in [0.25, 0.3) is 5.91 Å². The molecule has 0 heterocycles. The smallest absolute Gasteiger partial charge is 0.344 e. The summed E-state index contributed by atoms with van der Waals surface area (Å²) in [6, 6.07) is 18.7. The molecule has 0 bridgehead atoms. The third-order valence-electron chi connectivity index (χ3n) is 4.50. The summed E-state index contributed by atoms with van der Waals surface area (Å²) >= 11 is 0. The highest BCUT2D eigenvalue weighted by Gasteiger charge is 2.20. The Kier molecular flexibility index (Phi) is 6.44. The van der Waals surface area contributed by atoms with E-state index in [0.717, 1.165) is 16.3 Å². The Morgan fingerprint density at radius 2 is 1.66 bits per heavy atom. The number of carbonyl (C=O) groups excluding carboxylic acids is 2. The molecule has 1 amide bonds. The lowest BCUT2D eigenvalue weighted by atomic mass is 10.1. The Morgan fingerprint density at radius 1 is 0.966 bits per heavy atom. The zero-order valence-corrected chi connectivity index (χ0v) is 16.2. The normalized spacial score (nSPS) is 12.8. The van der Waals surface area contributed by atoms with Gasteiger partial charge in [-0.3, -0.25) is 4.79 Å². The van der Waals surface area contributed by atoms with Crippen LogP contribution in [0.1, 0.15) is 25.5 Å². The van der Waals surface area contributed by atoms with Gasteiger partial charge < -0.3 is 14.8 Å². The minimum Gasteiger partial charge on any atom is -0.481 e. The summed E-state index contributed by atoms with van der Waals surface area (Å²) in [4.78, 5) is 24.4. The van der Waals surface area contributed by atoms with Crippen molar-refractivity contribution in [2.75, 3.05) is 6.61 Å². The fourth-order valence-electron chi connectivity index (χ4n) is 2.91. The maximum absolute atomic E-state index is 13.0. The lowest BCUT2D eigenvalue weighted by molar-refractivity contribution is -0.156. The SMILES string of the molecule is CC(OC(=O)COc1cccc2ccccc12)C(=O)NC(C)c1ccc(F)cc1. The molecule has 0 aliphatic heterocycles. The molecule has 0 spiro atoms. The molecule has 29 heavy (non-hydrogen) atoms. The molecule has 6 heteroatoms. The zero-order valence-electron chi connectivity index (χ0n) is 16.2. The molecule has 150 valence electrons. The predicted octanol–water partition coefficient (Wildman–Crippen LogP) is 4.17. The lowest BCUT2D eigenvalue weighted by Crippen LogP contribution is -2.38. The Labute approximate surface area is 168 Å². The number of amides is 1. The molecule has 0 fully saturated rings. The number of benzene rings is 3. The van der Waals surface area contributed by atoms with E-state index in [1.54, 1.807) is 25.1 Å². The average molecular weight is 395 g/mol. The standard InChI is InChI=1S/C23H22FNO4/c1-15(17-10-12-19(24)13-11-17)25-23(27)16(2)29-22(26)14-28-21-9-5-7-18-6-3-4-8-20(18)21/h3-13,15-16H,14H2,1-2H3,(H,25,27). The highest BCUT2D eigenvalue weighted by molar-refractivity contribution is 5.88. The highest BCUT2D eigenvalue weighted by Crippen LogP contribution is 2.25. The van der Waals surface area contributed by atoms with Crippen molar-refractivity contribution in [2.45, 2.75) is 26.0 Å². The first-order chi connectivity index (χ1) is 13.9. The number of rotatable bonds is 7. The summed E-state index contributed by atoms with van der Waals surface area (Å²) in [6.45, 7) is 2.95. The maximum Gasteiger partial charge on any atom is 0.344 e. The lowest BCUT2D eigenvalue weighted by Gasteiger charge is -2.18. The van der Waals surface area contributed by atoms with Gasteiger partial charge in [-0.2, -0.15) is 0 Å². The first-order valence-electron chi connectivity index (χ1n) is 9.30. The number of fused-ring (bicyclic) bond motifs is 1. The predicted molar refractivity (Wildman–Crippen MR) is 108 cm³/mol. The van der Waals surface area contributed by atoms with Crippen LogP contribution in [0.3, 0.4) is 0 Å². The minimum absolute atomic E-state index is 0.306. The largest absolute Gasteiger partial charge is 0.481 e. The molecular formula is C23H22FNO4. The van der Waals surface area contributed by atoms with E-state index >= 15 is 0 Å². The number of nitrogens with one attached hydrogen (secondary N) is 1. The second-order valence-electron chi connectivity index (χ2n) is 6.68. The van der Waals surface area contributed by atoms with E-state index in [4.69, 9.17) is 9.47 Å². The van der Waals surface area contributed by atoms with Crippen LogP contribution < -0.4 is 10.1 Å². The van der Waals surface area contributed by atoms with Gasteiger partial charge in [0.1, 0.15) is 11.6 Å². The number of halogens is 1. The van der Waals surface area contributed by atoms with Crippen LogP contribution >= 0.6 is 0 Å². The Bertz CT molecular complexity index is 998. The summed E-state index contributed by atoms with van der Waals surface area (Å²) < 4.78 is 23.8. The summed E-state index contributed by atoms with van der Waals surface area (Å²) in [6.07, 6.45) is -0.985. The molecule has 1 N–H and O–H groups in total. The van der Waals surface area contributed by atoms with Crippen LogP contribution in [-0.4, -0.2) is 24.6 Å². The van der Waals surface area contributed by atoms with Crippen molar-refractivity contribution < 1.29 is 23.5 Å². The summed E-state index contributed by atoms with van der Waals surface area (Å²) in [7, 11) is 0. The van der Waals surface area contributed by atoms with E-state index in [1.165, 1.54) is 19.1 Å². The molecule has 2 atom stereocenters. The van der Waals surface area contributed by atoms with E-state index in [0.29, 0.717) is 5.75 Å². The first-order valence-corrected chi connectivity index (χ1v) is 9.30. The van der Waals surface area contributed by atoms with Gasteiger partial charge in [0.2, 0.25) is 0 Å². The van der Waals surface area contributed by atoms with Gasteiger partial charge in [-0.25, -0.2) is 9.18 Å². The fraction of sp³-hybridized carbons (Fsp3) is 0.217. The molecule has 0 aliphatic rings. The molecule has 3 rings (SSSR count). The molecule has 3 aromatic rings. The van der Waals surface area contributed by atoms with Gasteiger partial charge >= 0.3 is 5.97 Å². The second-order valence-corrected chi connectivity index (χ2v) is 6.68. The van der Waals surface area contributed by atoms with Gasteiger partial charge in [0, 0.05) is 5.39 Å². The van der Waals surface area contributed by atoms with Crippen molar-refractivity contribution in [1.82, 2.24) is 5.32 Å². The topological polar surface area (TPSA) is 64.6 Å². The van der Waals surface area contributed by atoms with Crippen LogP contribution in [-0.2, 0) is 14.3 Å². The monoisotopic (exact) mass is 395 g/mol. The summed E-state index contributed by atoms with van der Waals surface area (Å²) in [5.74, 6) is -0.863. The number of ether oxygens (including phenoxy) is 2. The van der Waals surface area contributed by atoms with Crippen molar-refractivity contribution in [3.05, 3.63) is 78.1 Å². The average Bonchev–Trinajstić information content (AvgIpc) is 2.72. The van der Waals surface area contributed by atoms with Crippen LogP contribution in [0.5, 0.6) is 5.75 Å². The molecule has 5 nitrogen and oxygen atoms in total. The van der Waals surface area contributed by atoms with E-state index < -0.39 is 18.0 Å². The molecule has 0 radical (unpaired) electrons. The van der Waals surface area contributed by atoms with E-state index in [2.05, 4.69) is 5.32 Å². The molecule has 2 unspecified atom stereocenters. The maximum atomic E-state index is 13.0. The quantitative estimate of drug-likeness (QED) is 0.610. The Morgan fingerprint density at radius 3 is 2.41 bits per heavy atom. The van der Waals surface area contributed by atoms with Crippen LogP contribution in [0.4, 0.5) is 4.39 Å². The van der Waals surface area contributed by atoms with Gasteiger partial charge in [-0.15, -0.1) is 0 Å². The molecule has 0 aromatic heterocycles. The van der Waals surface area contributed by atoms with Crippen molar-refractivity contribution in [3.63, 3.8) is 0 Å². The highest BCUT2D eigenvalue weighted by atomic mass is 19.1. The van der Waals surface area contributed by atoms with Gasteiger partial charge in [-0.1, -0.05) is 48.5 Å². The van der Waals surface area contributed by atoms with Crippen LogP contribution in [0.2, 0.25) is 0 Å². The molecular weight excluding hydrogens is 373 g/mol. The third-order valence-corrected chi connectivity index (χ3v) is 4.50. The van der Waals surface area contributed by atoms with Gasteiger partial charge in [0.15, 0.2) is 12.7 Å². The van der Waals surface area contributed by atoms with Crippen molar-refractivity contribution in [2.24, 2.45) is 0 Å². The fourth-order valence-corrected chi connectivity index (χ4v) is 2.91. The van der Waals surface area contributed by atoms with E-state index in [1.807, 2.05) is 36.4 Å². The third kappa shape index (κ3) is 5.31. The van der Waals surface area contributed by atoms with Crippen LogP contribution in [0.25, 0.3) is 10.8 Å². The van der Waals surface area contributed by atoms with Crippen molar-refractivity contribution in [1.29, 1.82) is 0 Å². The molecule has 0 aliphatic carbocycles. The number of hydrogen-bond acceptors (Lipinski definition) is 4. The molecule has 0 saturated carbocycles. The minimum atomic E-state index is -0.985. The molecule has 3 aromatic carbocycles. The van der Waals surface area contributed by atoms with E-state index in [9.17, 15) is 14.0 Å². The summed E-state index contributed by atoms with van der Waals surface area (Å²) in [5, 5.41) is 4.63. The molecule has 0 saturated heterocycles. The van der Waals surface area contributed by atoms with Gasteiger partial charge in [-0.05, 0) is 43.0 Å². The number of esters is 1. The first kappa shape index (κ1) is 20.3. The Hall–Kier alpha value is -3.41. The number of hydrogen-bond donors (Lipinski definition) is 1. The number of carbonyl (C=O) groups is 2. The second kappa shape index (κ2) is 9.19. The summed E-state index contributed by atoms with van der Waals surface area (Å²) in [5.41, 5.74) is 0.748. The Balaban J connectivity index is 1.51. The van der Waals surface area contributed by atoms with Crippen LogP contribution in [0, 0.1) is 5.82 Å². The van der Waals surface area contributed by atoms with E-state index in [-0.39, 0.29) is 18.5 Å². The van der Waals surface area contributed by atoms with Crippen molar-refractivity contribution >= 4 is 22.6 Å². The zero-order chi connectivity index (χ0) is 20.8.